The highest BCUT2D eigenvalue weighted by Gasteiger charge is 2.18. The van der Waals surface area contributed by atoms with Gasteiger partial charge in [-0.3, -0.25) is 15.1 Å². The van der Waals surface area contributed by atoms with Crippen molar-refractivity contribution in [2.24, 2.45) is 0 Å². The molecule has 1 amide bonds. The number of hydrogen-bond acceptors (Lipinski definition) is 9. The van der Waals surface area contributed by atoms with Gasteiger partial charge in [-0.25, -0.2) is 9.97 Å². The van der Waals surface area contributed by atoms with Crippen molar-refractivity contribution in [2.75, 3.05) is 5.32 Å². The number of amides is 1. The maximum Gasteiger partial charge on any atom is 0.316 e. The van der Waals surface area contributed by atoms with Crippen LogP contribution in [0.25, 0.3) is 23.0 Å². The van der Waals surface area contributed by atoms with Crippen LogP contribution in [0.2, 0.25) is 0 Å². The monoisotopic (exact) mass is 340 g/mol. The molecule has 118 valence electrons. The van der Waals surface area contributed by atoms with Gasteiger partial charge in [0, 0.05) is 17.8 Å². The minimum Gasteiger partial charge on any atom is -0.463 e. The number of carbonyl (C=O) groups is 1. The van der Waals surface area contributed by atoms with Gasteiger partial charge in [0.2, 0.25) is 5.82 Å². The average molecular weight is 340 g/mol. The summed E-state index contributed by atoms with van der Waals surface area (Å²) in [6.45, 7) is 0. The summed E-state index contributed by atoms with van der Waals surface area (Å²) in [7, 11) is 0. The van der Waals surface area contributed by atoms with Gasteiger partial charge >= 0.3 is 11.8 Å². The molecule has 4 heterocycles. The fourth-order valence-corrected chi connectivity index (χ4v) is 2.55. The van der Waals surface area contributed by atoms with E-state index in [0.717, 1.165) is 0 Å². The van der Waals surface area contributed by atoms with E-state index in [1.807, 2.05) is 0 Å². The summed E-state index contributed by atoms with van der Waals surface area (Å²) >= 11 is 1.26. The van der Waals surface area contributed by atoms with Gasteiger partial charge in [0.15, 0.2) is 10.9 Å². The predicted octanol–water partition coefficient (Wildman–Crippen LogP) is 2.50. The normalized spacial score (nSPS) is 10.7. The maximum absolute atomic E-state index is 12.2. The summed E-state index contributed by atoms with van der Waals surface area (Å²) in [4.78, 5) is 28.4. The van der Waals surface area contributed by atoms with Gasteiger partial charge in [0.1, 0.15) is 11.4 Å². The highest BCUT2D eigenvalue weighted by Crippen LogP contribution is 2.25. The van der Waals surface area contributed by atoms with E-state index in [9.17, 15) is 4.79 Å². The molecule has 10 heteroatoms. The van der Waals surface area contributed by atoms with Crippen LogP contribution in [-0.4, -0.2) is 31.0 Å². The zero-order valence-corrected chi connectivity index (χ0v) is 12.7. The molecule has 0 aliphatic heterocycles. The SMILES string of the molecule is O=C(Nc1nc(-c2ccco2)cs1)c1nc(-c2cnccn2)no1. The van der Waals surface area contributed by atoms with Crippen molar-refractivity contribution >= 4 is 22.4 Å². The second kappa shape index (κ2) is 6.01. The van der Waals surface area contributed by atoms with E-state index in [-0.39, 0.29) is 11.7 Å². The second-order valence-corrected chi connectivity index (χ2v) is 5.34. The van der Waals surface area contributed by atoms with Gasteiger partial charge in [-0.1, -0.05) is 5.16 Å². The third-order valence-electron chi connectivity index (χ3n) is 2.91. The van der Waals surface area contributed by atoms with Crippen molar-refractivity contribution < 1.29 is 13.7 Å². The molecule has 0 bridgehead atoms. The number of nitrogens with zero attached hydrogens (tertiary/aromatic N) is 5. The molecule has 0 unspecified atom stereocenters. The van der Waals surface area contributed by atoms with Crippen molar-refractivity contribution in [3.05, 3.63) is 48.3 Å². The molecule has 9 nitrogen and oxygen atoms in total. The minimum atomic E-state index is -0.557. The Labute approximate surface area is 138 Å². The van der Waals surface area contributed by atoms with Crippen LogP contribution in [0.15, 0.2) is 51.3 Å². The number of rotatable bonds is 4. The van der Waals surface area contributed by atoms with Crippen molar-refractivity contribution in [2.45, 2.75) is 0 Å². The van der Waals surface area contributed by atoms with E-state index in [0.29, 0.717) is 22.3 Å². The largest absolute Gasteiger partial charge is 0.463 e. The Balaban J connectivity index is 1.50. The lowest BCUT2D eigenvalue weighted by atomic mass is 10.4. The molecule has 4 rings (SSSR count). The number of nitrogens with one attached hydrogen (secondary N) is 1. The van der Waals surface area contributed by atoms with Crippen LogP contribution in [0.4, 0.5) is 5.13 Å². The maximum atomic E-state index is 12.2. The average Bonchev–Trinajstić information content (AvgIpc) is 3.36. The van der Waals surface area contributed by atoms with Gasteiger partial charge < -0.3 is 8.94 Å². The van der Waals surface area contributed by atoms with Gasteiger partial charge in [-0.2, -0.15) is 4.98 Å². The smallest absolute Gasteiger partial charge is 0.316 e. The second-order valence-electron chi connectivity index (χ2n) is 4.48. The van der Waals surface area contributed by atoms with Crippen LogP contribution in [0.5, 0.6) is 0 Å². The molecule has 0 atom stereocenters. The molecular formula is C14H8N6O3S. The lowest BCUT2D eigenvalue weighted by Gasteiger charge is -1.95. The Morgan fingerprint density at radius 1 is 1.21 bits per heavy atom. The van der Waals surface area contributed by atoms with E-state index in [4.69, 9.17) is 8.94 Å². The fraction of sp³-hybridized carbons (Fsp3) is 0. The summed E-state index contributed by atoms with van der Waals surface area (Å²) < 4.78 is 10.2. The first-order chi connectivity index (χ1) is 11.8. The van der Waals surface area contributed by atoms with E-state index < -0.39 is 5.91 Å². The molecule has 0 aliphatic rings. The van der Waals surface area contributed by atoms with Crippen molar-refractivity contribution in [1.82, 2.24) is 25.1 Å². The molecule has 0 fully saturated rings. The van der Waals surface area contributed by atoms with E-state index in [1.54, 1.807) is 23.8 Å². The number of furan rings is 1. The lowest BCUT2D eigenvalue weighted by Crippen LogP contribution is -2.12. The molecule has 0 aromatic carbocycles. The molecule has 1 N–H and O–H groups in total. The van der Waals surface area contributed by atoms with Crippen LogP contribution in [0, 0.1) is 0 Å². The highest BCUT2D eigenvalue weighted by molar-refractivity contribution is 7.14. The first-order valence-corrected chi connectivity index (χ1v) is 7.58. The van der Waals surface area contributed by atoms with Crippen molar-refractivity contribution in [3.63, 3.8) is 0 Å². The zero-order chi connectivity index (χ0) is 16.4. The van der Waals surface area contributed by atoms with Gasteiger partial charge in [0.25, 0.3) is 0 Å². The highest BCUT2D eigenvalue weighted by atomic mass is 32.1. The Morgan fingerprint density at radius 3 is 2.96 bits per heavy atom. The first kappa shape index (κ1) is 14.2. The summed E-state index contributed by atoms with van der Waals surface area (Å²) in [6.07, 6.45) is 6.05. The number of aromatic nitrogens is 5. The molecule has 0 spiro atoms. The third-order valence-corrected chi connectivity index (χ3v) is 3.67. The van der Waals surface area contributed by atoms with Gasteiger partial charge in [-0.05, 0) is 12.1 Å². The summed E-state index contributed by atoms with van der Waals surface area (Å²) in [5.41, 5.74) is 1.04. The topological polar surface area (TPSA) is 120 Å². The minimum absolute atomic E-state index is 0.184. The van der Waals surface area contributed by atoms with Crippen molar-refractivity contribution in [3.8, 4) is 23.0 Å². The number of anilines is 1. The Hall–Kier alpha value is -3.40. The van der Waals surface area contributed by atoms with Crippen LogP contribution >= 0.6 is 11.3 Å². The van der Waals surface area contributed by atoms with Gasteiger partial charge in [-0.15, -0.1) is 11.3 Å². The molecular weight excluding hydrogens is 332 g/mol. The van der Waals surface area contributed by atoms with Crippen LogP contribution in [0.3, 0.4) is 0 Å². The predicted molar refractivity (Wildman–Crippen MR) is 83.1 cm³/mol. The van der Waals surface area contributed by atoms with E-state index in [2.05, 4.69) is 30.4 Å². The van der Waals surface area contributed by atoms with E-state index in [1.165, 1.54) is 29.9 Å². The molecule has 0 saturated heterocycles. The Morgan fingerprint density at radius 2 is 2.17 bits per heavy atom. The quantitative estimate of drug-likeness (QED) is 0.601. The van der Waals surface area contributed by atoms with Crippen molar-refractivity contribution in [1.29, 1.82) is 0 Å². The summed E-state index contributed by atoms with van der Waals surface area (Å²) in [6, 6.07) is 3.55. The number of hydrogen-bond donors (Lipinski definition) is 1. The molecule has 0 radical (unpaired) electrons. The van der Waals surface area contributed by atoms with E-state index >= 15 is 0 Å². The standard InChI is InChI=1S/C14H8N6O3S/c21-12(13-18-11(20-23-13)8-6-15-3-4-16-8)19-14-17-9(7-24-14)10-2-1-5-22-10/h1-7H,(H,17,19,21). The third kappa shape index (κ3) is 2.77. The van der Waals surface area contributed by atoms with Crippen LogP contribution in [0.1, 0.15) is 10.7 Å². The number of carbonyl (C=O) groups excluding carboxylic acids is 1. The Kier molecular flexibility index (Phi) is 3.56. The fourth-order valence-electron chi connectivity index (χ4n) is 1.85. The first-order valence-electron chi connectivity index (χ1n) is 6.70. The van der Waals surface area contributed by atoms with Crippen LogP contribution in [-0.2, 0) is 0 Å². The lowest BCUT2D eigenvalue weighted by molar-refractivity contribution is 0.0981. The summed E-state index contributed by atoms with van der Waals surface area (Å²) in [5.74, 6) is 0.0570. The summed E-state index contributed by atoms with van der Waals surface area (Å²) in [5, 5.41) is 8.48. The molecule has 0 saturated carbocycles. The van der Waals surface area contributed by atoms with Gasteiger partial charge in [0.05, 0.1) is 12.5 Å². The molecule has 24 heavy (non-hydrogen) atoms. The Bertz CT molecular complexity index is 964. The van der Waals surface area contributed by atoms with Crippen LogP contribution < -0.4 is 5.32 Å². The number of thiazole rings is 1. The molecule has 4 aromatic heterocycles. The zero-order valence-electron chi connectivity index (χ0n) is 11.9. The molecule has 4 aromatic rings. The molecule has 0 aliphatic carbocycles.